The van der Waals surface area contributed by atoms with E-state index in [9.17, 15) is 4.79 Å². The number of imidazole rings is 1. The van der Waals surface area contributed by atoms with Crippen molar-refractivity contribution in [3.8, 4) is 0 Å². The molecule has 0 spiro atoms. The van der Waals surface area contributed by atoms with E-state index in [1.54, 1.807) is 6.20 Å². The first-order valence-corrected chi connectivity index (χ1v) is 11.2. The zero-order chi connectivity index (χ0) is 21.3. The molecule has 0 saturated heterocycles. The monoisotopic (exact) mass is 470 g/mol. The van der Waals surface area contributed by atoms with Crippen molar-refractivity contribution in [2.24, 2.45) is 5.92 Å². The molecule has 1 fully saturated rings. The first-order chi connectivity index (χ1) is 14.3. The van der Waals surface area contributed by atoms with Gasteiger partial charge in [0.15, 0.2) is 11.5 Å². The van der Waals surface area contributed by atoms with Crippen LogP contribution in [0, 0.1) is 5.92 Å². The van der Waals surface area contributed by atoms with Crippen LogP contribution in [-0.2, 0) is 9.53 Å². The summed E-state index contributed by atoms with van der Waals surface area (Å²) >= 11 is 3.44. The molecule has 0 unspecified atom stereocenters. The molecule has 1 saturated carbocycles. The Morgan fingerprint density at radius 3 is 2.53 bits per heavy atom. The van der Waals surface area contributed by atoms with Crippen molar-refractivity contribution in [1.29, 1.82) is 0 Å². The molecular formula is C23H27BrN4O2. The summed E-state index contributed by atoms with van der Waals surface area (Å²) in [7, 11) is 0. The summed E-state index contributed by atoms with van der Waals surface area (Å²) < 4.78 is 8.23. The van der Waals surface area contributed by atoms with Crippen LogP contribution in [0.25, 0.3) is 5.65 Å². The maximum Gasteiger partial charge on any atom is 0.309 e. The molecule has 0 amide bonds. The fourth-order valence-electron chi connectivity index (χ4n) is 4.01. The highest BCUT2D eigenvalue weighted by Gasteiger charge is 2.30. The summed E-state index contributed by atoms with van der Waals surface area (Å²) in [6.45, 7) is 5.77. The molecule has 0 atom stereocenters. The smallest absolute Gasteiger partial charge is 0.309 e. The zero-order valence-electron chi connectivity index (χ0n) is 17.6. The first kappa shape index (κ1) is 20.8. The Morgan fingerprint density at radius 1 is 1.17 bits per heavy atom. The molecule has 7 heteroatoms. The van der Waals surface area contributed by atoms with E-state index in [-0.39, 0.29) is 11.9 Å². The number of halogens is 1. The van der Waals surface area contributed by atoms with Gasteiger partial charge in [0.1, 0.15) is 10.2 Å². The van der Waals surface area contributed by atoms with Gasteiger partial charge in [-0.15, -0.1) is 0 Å². The maximum atomic E-state index is 12.3. The largest absolute Gasteiger partial charge is 0.460 e. The second kappa shape index (κ2) is 8.38. The van der Waals surface area contributed by atoms with Crippen LogP contribution in [0.1, 0.15) is 57.9 Å². The van der Waals surface area contributed by atoms with E-state index < -0.39 is 5.60 Å². The van der Waals surface area contributed by atoms with Crippen molar-refractivity contribution >= 4 is 39.1 Å². The van der Waals surface area contributed by atoms with E-state index in [1.807, 2.05) is 37.6 Å². The van der Waals surface area contributed by atoms with Crippen LogP contribution in [0.3, 0.4) is 0 Å². The zero-order valence-corrected chi connectivity index (χ0v) is 19.1. The third-order valence-electron chi connectivity index (χ3n) is 5.46. The molecule has 158 valence electrons. The fourth-order valence-corrected chi connectivity index (χ4v) is 4.41. The highest BCUT2D eigenvalue weighted by Crippen LogP contribution is 2.37. The molecule has 2 heterocycles. The van der Waals surface area contributed by atoms with Crippen molar-refractivity contribution in [1.82, 2.24) is 14.4 Å². The van der Waals surface area contributed by atoms with E-state index in [1.165, 1.54) is 5.56 Å². The Bertz CT molecular complexity index is 1030. The van der Waals surface area contributed by atoms with Crippen molar-refractivity contribution in [3.63, 3.8) is 0 Å². The van der Waals surface area contributed by atoms with Crippen molar-refractivity contribution in [3.05, 3.63) is 53.0 Å². The summed E-state index contributed by atoms with van der Waals surface area (Å²) in [5.41, 5.74) is 2.65. The number of nitrogens with zero attached hydrogens (tertiary/aromatic N) is 3. The Morgan fingerprint density at radius 2 is 1.87 bits per heavy atom. The van der Waals surface area contributed by atoms with Crippen LogP contribution >= 0.6 is 15.9 Å². The molecule has 0 bridgehead atoms. The van der Waals surface area contributed by atoms with Crippen LogP contribution in [0.5, 0.6) is 0 Å². The van der Waals surface area contributed by atoms with Crippen molar-refractivity contribution < 1.29 is 9.53 Å². The summed E-state index contributed by atoms with van der Waals surface area (Å²) in [6.07, 6.45) is 9.33. The normalized spacial score (nSPS) is 19.6. The van der Waals surface area contributed by atoms with Gasteiger partial charge in [-0.1, -0.05) is 12.1 Å². The summed E-state index contributed by atoms with van der Waals surface area (Å²) in [4.78, 5) is 21.2. The van der Waals surface area contributed by atoms with Crippen LogP contribution < -0.4 is 5.32 Å². The van der Waals surface area contributed by atoms with Gasteiger partial charge < -0.3 is 14.5 Å². The summed E-state index contributed by atoms with van der Waals surface area (Å²) in [6, 6.07) is 8.50. The van der Waals surface area contributed by atoms with Crippen molar-refractivity contribution in [2.75, 3.05) is 5.32 Å². The number of aromatic nitrogens is 3. The molecule has 30 heavy (non-hydrogen) atoms. The highest BCUT2D eigenvalue weighted by molar-refractivity contribution is 9.10. The highest BCUT2D eigenvalue weighted by atomic mass is 79.9. The predicted molar refractivity (Wildman–Crippen MR) is 121 cm³/mol. The van der Waals surface area contributed by atoms with Gasteiger partial charge in [0.05, 0.1) is 5.92 Å². The number of hydrogen-bond acceptors (Lipinski definition) is 5. The topological polar surface area (TPSA) is 68.5 Å². The fraction of sp³-hybridized carbons (Fsp3) is 0.435. The van der Waals surface area contributed by atoms with Crippen LogP contribution in [0.15, 0.2) is 47.5 Å². The lowest BCUT2D eigenvalue weighted by Gasteiger charge is -2.30. The lowest BCUT2D eigenvalue weighted by molar-refractivity contribution is -0.161. The number of ether oxygens (including phenoxy) is 1. The molecule has 1 aliphatic carbocycles. The van der Waals surface area contributed by atoms with E-state index in [4.69, 9.17) is 4.74 Å². The molecule has 4 rings (SSSR count). The average molecular weight is 471 g/mol. The SMILES string of the molecule is CC(C)(C)OC(=O)C1CCC(c2ccc(Nc3nc(Br)cn4ccnc34)cc2)CC1. The molecule has 1 aliphatic rings. The molecule has 1 N–H and O–H groups in total. The minimum Gasteiger partial charge on any atom is -0.460 e. The second-order valence-corrected chi connectivity index (χ2v) is 9.71. The van der Waals surface area contributed by atoms with Gasteiger partial charge in [-0.2, -0.15) is 0 Å². The van der Waals surface area contributed by atoms with Gasteiger partial charge in [0.2, 0.25) is 0 Å². The van der Waals surface area contributed by atoms with Gasteiger partial charge in [-0.05, 0) is 86.0 Å². The van der Waals surface area contributed by atoms with E-state index in [0.717, 1.165) is 41.6 Å². The first-order valence-electron chi connectivity index (χ1n) is 10.4. The number of rotatable bonds is 4. The summed E-state index contributed by atoms with van der Waals surface area (Å²) in [5, 5.41) is 3.36. The van der Waals surface area contributed by atoms with E-state index in [0.29, 0.717) is 11.7 Å². The summed E-state index contributed by atoms with van der Waals surface area (Å²) in [5.74, 6) is 1.18. The maximum absolute atomic E-state index is 12.3. The quantitative estimate of drug-likeness (QED) is 0.484. The number of fused-ring (bicyclic) bond motifs is 1. The standard InChI is InChI=1S/C23H27BrN4O2/c1-23(2,3)30-22(29)17-6-4-15(5-7-17)16-8-10-18(11-9-16)26-20-21-25-12-13-28(21)14-19(24)27-20/h8-15,17H,4-7H2,1-3H3,(H,26,27). The molecule has 6 nitrogen and oxygen atoms in total. The Labute approximate surface area is 185 Å². The van der Waals surface area contributed by atoms with Gasteiger partial charge >= 0.3 is 5.97 Å². The third-order valence-corrected chi connectivity index (χ3v) is 5.84. The van der Waals surface area contributed by atoms with Gasteiger partial charge in [-0.25, -0.2) is 9.97 Å². The number of carbonyl (C=O) groups is 1. The van der Waals surface area contributed by atoms with Crippen LogP contribution in [0.4, 0.5) is 11.5 Å². The van der Waals surface area contributed by atoms with Crippen LogP contribution in [0.2, 0.25) is 0 Å². The third kappa shape index (κ3) is 4.83. The average Bonchev–Trinajstić information content (AvgIpc) is 3.16. The molecule has 1 aromatic carbocycles. The minimum atomic E-state index is -0.415. The number of hydrogen-bond donors (Lipinski definition) is 1. The number of benzene rings is 1. The molecule has 0 radical (unpaired) electrons. The van der Waals surface area contributed by atoms with Gasteiger partial charge in [0.25, 0.3) is 0 Å². The molecular weight excluding hydrogens is 444 g/mol. The Kier molecular flexibility index (Phi) is 5.82. The Balaban J connectivity index is 1.39. The van der Waals surface area contributed by atoms with Gasteiger partial charge in [-0.3, -0.25) is 4.79 Å². The van der Waals surface area contributed by atoms with Crippen molar-refractivity contribution in [2.45, 2.75) is 58.0 Å². The number of esters is 1. The lowest BCUT2D eigenvalue weighted by atomic mass is 9.78. The lowest BCUT2D eigenvalue weighted by Crippen LogP contribution is -2.30. The van der Waals surface area contributed by atoms with E-state index >= 15 is 0 Å². The minimum absolute atomic E-state index is 0.0287. The molecule has 3 aromatic rings. The number of carbonyl (C=O) groups excluding carboxylic acids is 1. The van der Waals surface area contributed by atoms with E-state index in [2.05, 4.69) is 55.5 Å². The van der Waals surface area contributed by atoms with Crippen LogP contribution in [-0.4, -0.2) is 25.9 Å². The number of anilines is 2. The molecule has 0 aliphatic heterocycles. The molecule has 2 aromatic heterocycles. The Hall–Kier alpha value is -2.41. The van der Waals surface area contributed by atoms with Gasteiger partial charge in [0, 0.05) is 24.3 Å². The second-order valence-electron chi connectivity index (χ2n) is 8.90. The number of nitrogens with one attached hydrogen (secondary N) is 1. The predicted octanol–water partition coefficient (Wildman–Crippen LogP) is 5.85.